The summed E-state index contributed by atoms with van der Waals surface area (Å²) in [4.78, 5) is 23.7. The van der Waals surface area contributed by atoms with Crippen LogP contribution in [0.5, 0.6) is 0 Å². The zero-order valence-electron chi connectivity index (χ0n) is 12.2. The van der Waals surface area contributed by atoms with E-state index < -0.39 is 11.7 Å². The Balaban J connectivity index is 1.77. The molecule has 2 atom stereocenters. The van der Waals surface area contributed by atoms with Crippen molar-refractivity contribution in [1.29, 1.82) is 0 Å². The van der Waals surface area contributed by atoms with Crippen molar-refractivity contribution in [3.63, 3.8) is 0 Å². The third-order valence-electron chi connectivity index (χ3n) is 3.53. The minimum absolute atomic E-state index is 0.0155. The molecule has 1 fully saturated rings. The van der Waals surface area contributed by atoms with Crippen molar-refractivity contribution >= 4 is 27.7 Å². The van der Waals surface area contributed by atoms with Crippen LogP contribution in [0.15, 0.2) is 22.7 Å². The van der Waals surface area contributed by atoms with E-state index in [9.17, 15) is 14.0 Å². The van der Waals surface area contributed by atoms with Gasteiger partial charge in [0.15, 0.2) is 0 Å². The molecule has 1 aromatic rings. The molecule has 0 bridgehead atoms. The molecule has 2 rings (SSSR count). The number of hydrogen-bond acceptors (Lipinski definition) is 3. The van der Waals surface area contributed by atoms with Gasteiger partial charge in [-0.1, -0.05) is 0 Å². The molecule has 120 valence electrons. The second-order valence-corrected chi connectivity index (χ2v) is 6.02. The topological polar surface area (TPSA) is 67.4 Å². The largest absolute Gasteiger partial charge is 0.376 e. The summed E-state index contributed by atoms with van der Waals surface area (Å²) >= 11 is 3.20. The zero-order valence-corrected chi connectivity index (χ0v) is 13.8. The predicted molar refractivity (Wildman–Crippen MR) is 83.0 cm³/mol. The molecular weight excluding hydrogens is 355 g/mol. The summed E-state index contributed by atoms with van der Waals surface area (Å²) in [6, 6.07) is 3.91. The SMILES string of the molecule is C[C@@H]1OCC[C@@H]1NC(=O)CCNC(=O)c1cc(F)ccc1Br. The van der Waals surface area contributed by atoms with E-state index in [0.717, 1.165) is 12.5 Å². The third-order valence-corrected chi connectivity index (χ3v) is 4.22. The number of nitrogens with one attached hydrogen (secondary N) is 2. The lowest BCUT2D eigenvalue weighted by molar-refractivity contribution is -0.122. The molecule has 0 aromatic heterocycles. The van der Waals surface area contributed by atoms with Gasteiger partial charge in [0.1, 0.15) is 5.82 Å². The second kappa shape index (κ2) is 7.69. The highest BCUT2D eigenvalue weighted by Gasteiger charge is 2.25. The molecule has 0 saturated carbocycles. The average Bonchev–Trinajstić information content (AvgIpc) is 2.86. The Kier molecular flexibility index (Phi) is 5.90. The number of benzene rings is 1. The summed E-state index contributed by atoms with van der Waals surface area (Å²) in [5.41, 5.74) is 0.207. The summed E-state index contributed by atoms with van der Waals surface area (Å²) in [7, 11) is 0. The molecule has 7 heteroatoms. The first-order valence-corrected chi connectivity index (χ1v) is 7.91. The van der Waals surface area contributed by atoms with E-state index in [1.807, 2.05) is 6.92 Å². The highest BCUT2D eigenvalue weighted by atomic mass is 79.9. The normalized spacial score (nSPS) is 20.7. The molecule has 0 radical (unpaired) electrons. The Hall–Kier alpha value is -1.47. The molecule has 5 nitrogen and oxygen atoms in total. The number of rotatable bonds is 5. The molecule has 2 N–H and O–H groups in total. The van der Waals surface area contributed by atoms with Crippen LogP contribution in [-0.2, 0) is 9.53 Å². The number of halogens is 2. The van der Waals surface area contributed by atoms with Crippen LogP contribution in [0.1, 0.15) is 30.1 Å². The van der Waals surface area contributed by atoms with Crippen molar-refractivity contribution in [1.82, 2.24) is 10.6 Å². The maximum absolute atomic E-state index is 13.1. The lowest BCUT2D eigenvalue weighted by atomic mass is 10.1. The van der Waals surface area contributed by atoms with Crippen molar-refractivity contribution in [2.75, 3.05) is 13.2 Å². The Morgan fingerprint density at radius 1 is 1.45 bits per heavy atom. The average molecular weight is 373 g/mol. The maximum Gasteiger partial charge on any atom is 0.252 e. The van der Waals surface area contributed by atoms with Crippen LogP contribution in [-0.4, -0.2) is 37.1 Å². The number of amides is 2. The van der Waals surface area contributed by atoms with Crippen LogP contribution in [0.25, 0.3) is 0 Å². The van der Waals surface area contributed by atoms with Crippen molar-refractivity contribution in [2.24, 2.45) is 0 Å². The van der Waals surface area contributed by atoms with Crippen LogP contribution in [0.2, 0.25) is 0 Å². The summed E-state index contributed by atoms with van der Waals surface area (Å²) < 4.78 is 19.0. The molecule has 1 aromatic carbocycles. The van der Waals surface area contributed by atoms with Gasteiger partial charge in [0.2, 0.25) is 5.91 Å². The Labute approximate surface area is 136 Å². The van der Waals surface area contributed by atoms with E-state index in [-0.39, 0.29) is 36.6 Å². The van der Waals surface area contributed by atoms with Gasteiger partial charge in [-0.25, -0.2) is 4.39 Å². The highest BCUT2D eigenvalue weighted by Crippen LogP contribution is 2.17. The van der Waals surface area contributed by atoms with Gasteiger partial charge in [0, 0.05) is 24.0 Å². The van der Waals surface area contributed by atoms with E-state index in [0.29, 0.717) is 11.1 Å². The Bertz CT molecular complexity index is 568. The van der Waals surface area contributed by atoms with Crippen LogP contribution in [0.4, 0.5) is 4.39 Å². The molecule has 1 heterocycles. The molecule has 0 aliphatic carbocycles. The number of hydrogen-bond donors (Lipinski definition) is 2. The predicted octanol–water partition coefficient (Wildman–Crippen LogP) is 2.00. The van der Waals surface area contributed by atoms with Crippen molar-refractivity contribution in [2.45, 2.75) is 31.9 Å². The summed E-state index contributed by atoms with van der Waals surface area (Å²) in [5, 5.41) is 5.48. The lowest BCUT2D eigenvalue weighted by Gasteiger charge is -2.16. The third kappa shape index (κ3) is 4.51. The molecule has 0 spiro atoms. The van der Waals surface area contributed by atoms with Gasteiger partial charge in [-0.2, -0.15) is 0 Å². The Morgan fingerprint density at radius 3 is 2.91 bits per heavy atom. The van der Waals surface area contributed by atoms with Gasteiger partial charge < -0.3 is 15.4 Å². The van der Waals surface area contributed by atoms with E-state index in [2.05, 4.69) is 26.6 Å². The fourth-order valence-electron chi connectivity index (χ4n) is 2.26. The fraction of sp³-hybridized carbons (Fsp3) is 0.467. The van der Waals surface area contributed by atoms with Crippen LogP contribution in [0.3, 0.4) is 0 Å². The molecular formula is C15H18BrFN2O3. The smallest absolute Gasteiger partial charge is 0.252 e. The van der Waals surface area contributed by atoms with E-state index in [1.54, 1.807) is 0 Å². The molecule has 2 amide bonds. The van der Waals surface area contributed by atoms with Gasteiger partial charge in [0.05, 0.1) is 17.7 Å². The van der Waals surface area contributed by atoms with Gasteiger partial charge in [-0.05, 0) is 47.5 Å². The quantitative estimate of drug-likeness (QED) is 0.830. The van der Waals surface area contributed by atoms with Gasteiger partial charge >= 0.3 is 0 Å². The van der Waals surface area contributed by atoms with E-state index in [1.165, 1.54) is 12.1 Å². The fourth-order valence-corrected chi connectivity index (χ4v) is 2.68. The number of carbonyl (C=O) groups is 2. The number of carbonyl (C=O) groups excluding carboxylic acids is 2. The summed E-state index contributed by atoms with van der Waals surface area (Å²) in [6.07, 6.45) is 0.985. The van der Waals surface area contributed by atoms with Crippen LogP contribution in [0, 0.1) is 5.82 Å². The first-order valence-electron chi connectivity index (χ1n) is 7.11. The van der Waals surface area contributed by atoms with Crippen molar-refractivity contribution < 1.29 is 18.7 Å². The number of ether oxygens (including phenoxy) is 1. The standard InChI is InChI=1S/C15H18BrFN2O3/c1-9-13(5-7-22-9)19-14(20)4-6-18-15(21)11-8-10(17)2-3-12(11)16/h2-3,8-9,13H,4-7H2,1H3,(H,18,21)(H,19,20)/t9-,13-/m0/s1. The minimum Gasteiger partial charge on any atom is -0.376 e. The molecule has 22 heavy (non-hydrogen) atoms. The van der Waals surface area contributed by atoms with E-state index in [4.69, 9.17) is 4.74 Å². The lowest BCUT2D eigenvalue weighted by Crippen LogP contribution is -2.40. The highest BCUT2D eigenvalue weighted by molar-refractivity contribution is 9.10. The zero-order chi connectivity index (χ0) is 16.1. The molecule has 1 saturated heterocycles. The molecule has 1 aliphatic rings. The maximum atomic E-state index is 13.1. The Morgan fingerprint density at radius 2 is 2.23 bits per heavy atom. The van der Waals surface area contributed by atoms with Crippen molar-refractivity contribution in [3.8, 4) is 0 Å². The van der Waals surface area contributed by atoms with Gasteiger partial charge in [-0.3, -0.25) is 9.59 Å². The van der Waals surface area contributed by atoms with Crippen LogP contribution < -0.4 is 10.6 Å². The van der Waals surface area contributed by atoms with Gasteiger partial charge in [0.25, 0.3) is 5.91 Å². The summed E-state index contributed by atoms with van der Waals surface area (Å²) in [6.45, 7) is 2.76. The molecule has 1 aliphatic heterocycles. The van der Waals surface area contributed by atoms with Crippen LogP contribution >= 0.6 is 15.9 Å². The van der Waals surface area contributed by atoms with Crippen molar-refractivity contribution in [3.05, 3.63) is 34.1 Å². The monoisotopic (exact) mass is 372 g/mol. The van der Waals surface area contributed by atoms with Gasteiger partial charge in [-0.15, -0.1) is 0 Å². The first kappa shape index (κ1) is 16.9. The summed E-state index contributed by atoms with van der Waals surface area (Å²) in [5.74, 6) is -1.04. The molecule has 0 unspecified atom stereocenters. The first-order chi connectivity index (χ1) is 10.5. The second-order valence-electron chi connectivity index (χ2n) is 5.17. The minimum atomic E-state index is -0.485. The van der Waals surface area contributed by atoms with E-state index >= 15 is 0 Å².